The van der Waals surface area contributed by atoms with Crippen LogP contribution in [0.15, 0.2) is 53.0 Å². The fourth-order valence-corrected chi connectivity index (χ4v) is 2.44. The Hall–Kier alpha value is -1.85. The molecule has 2 rings (SSSR count). The van der Waals surface area contributed by atoms with Crippen molar-refractivity contribution in [3.63, 3.8) is 0 Å². The van der Waals surface area contributed by atoms with Gasteiger partial charge in [0.15, 0.2) is 0 Å². The van der Waals surface area contributed by atoms with Gasteiger partial charge in [-0.15, -0.1) is 0 Å². The van der Waals surface area contributed by atoms with E-state index in [0.29, 0.717) is 20.7 Å². The highest BCUT2D eigenvalue weighted by Gasteiger charge is 2.17. The van der Waals surface area contributed by atoms with Gasteiger partial charge in [-0.1, -0.05) is 23.7 Å². The van der Waals surface area contributed by atoms with Gasteiger partial charge in [0.05, 0.1) is 12.1 Å². The maximum Gasteiger partial charge on any atom is 0.255 e. The van der Waals surface area contributed by atoms with Crippen LogP contribution in [0.3, 0.4) is 0 Å². The topological polar surface area (TPSA) is 49.4 Å². The Labute approximate surface area is 142 Å². The Balaban J connectivity index is 1.97. The molecule has 0 bridgehead atoms. The van der Waals surface area contributed by atoms with Crippen molar-refractivity contribution in [2.45, 2.75) is 0 Å². The Morgan fingerprint density at radius 2 is 1.77 bits per heavy atom. The number of halogens is 2. The first-order chi connectivity index (χ1) is 10.5. The molecule has 0 radical (unpaired) electrons. The molecule has 2 aromatic rings. The first-order valence-electron chi connectivity index (χ1n) is 6.53. The SMILES string of the molecule is CN(CC(=O)Nc1ccc(Cl)cc1)C(=O)c1ccccc1Br. The number of carbonyl (C=O) groups excluding carboxylic acids is 2. The summed E-state index contributed by atoms with van der Waals surface area (Å²) in [6, 6.07) is 13.9. The van der Waals surface area contributed by atoms with E-state index in [4.69, 9.17) is 11.6 Å². The summed E-state index contributed by atoms with van der Waals surface area (Å²) in [5.74, 6) is -0.496. The minimum atomic E-state index is -0.273. The Morgan fingerprint density at radius 1 is 1.14 bits per heavy atom. The molecule has 0 saturated heterocycles. The van der Waals surface area contributed by atoms with E-state index in [0.717, 1.165) is 0 Å². The minimum absolute atomic E-state index is 0.0389. The van der Waals surface area contributed by atoms with Crippen LogP contribution in [0.2, 0.25) is 5.02 Å². The van der Waals surface area contributed by atoms with Crippen molar-refractivity contribution < 1.29 is 9.59 Å². The molecule has 0 atom stereocenters. The second kappa shape index (κ2) is 7.42. The number of benzene rings is 2. The number of amides is 2. The molecule has 2 amide bonds. The minimum Gasteiger partial charge on any atom is -0.332 e. The number of likely N-dealkylation sites (N-methyl/N-ethyl adjacent to an activating group) is 1. The van der Waals surface area contributed by atoms with Gasteiger partial charge in [-0.05, 0) is 52.3 Å². The first kappa shape index (κ1) is 16.5. The molecule has 0 aliphatic carbocycles. The third-order valence-electron chi connectivity index (χ3n) is 2.96. The molecule has 114 valence electrons. The fraction of sp³-hybridized carbons (Fsp3) is 0.125. The molecule has 6 heteroatoms. The first-order valence-corrected chi connectivity index (χ1v) is 7.70. The van der Waals surface area contributed by atoms with E-state index in [-0.39, 0.29) is 18.4 Å². The van der Waals surface area contributed by atoms with Crippen molar-refractivity contribution in [3.8, 4) is 0 Å². The van der Waals surface area contributed by atoms with E-state index in [9.17, 15) is 9.59 Å². The van der Waals surface area contributed by atoms with Crippen molar-refractivity contribution in [2.75, 3.05) is 18.9 Å². The zero-order valence-corrected chi connectivity index (χ0v) is 14.2. The lowest BCUT2D eigenvalue weighted by Crippen LogP contribution is -2.35. The van der Waals surface area contributed by atoms with Crippen LogP contribution < -0.4 is 5.32 Å². The quantitative estimate of drug-likeness (QED) is 0.875. The molecule has 0 aliphatic rings. The van der Waals surface area contributed by atoms with Gasteiger partial charge in [0, 0.05) is 22.2 Å². The highest BCUT2D eigenvalue weighted by atomic mass is 79.9. The van der Waals surface area contributed by atoms with Crippen LogP contribution in [0.4, 0.5) is 5.69 Å². The van der Waals surface area contributed by atoms with E-state index in [1.807, 2.05) is 6.07 Å². The molecule has 0 heterocycles. The number of anilines is 1. The predicted octanol–water partition coefficient (Wildman–Crippen LogP) is 3.81. The van der Waals surface area contributed by atoms with Gasteiger partial charge in [0.1, 0.15) is 0 Å². The molecular weight excluding hydrogens is 368 g/mol. The highest BCUT2D eigenvalue weighted by Crippen LogP contribution is 2.17. The Bertz CT molecular complexity index is 689. The molecule has 22 heavy (non-hydrogen) atoms. The van der Waals surface area contributed by atoms with Gasteiger partial charge in [0.25, 0.3) is 5.91 Å². The molecule has 0 spiro atoms. The lowest BCUT2D eigenvalue weighted by atomic mass is 10.2. The van der Waals surface area contributed by atoms with Gasteiger partial charge in [-0.25, -0.2) is 0 Å². The molecule has 1 N–H and O–H groups in total. The van der Waals surface area contributed by atoms with Gasteiger partial charge >= 0.3 is 0 Å². The summed E-state index contributed by atoms with van der Waals surface area (Å²) < 4.78 is 0.699. The van der Waals surface area contributed by atoms with Crippen molar-refractivity contribution >= 4 is 45.0 Å². The molecule has 2 aromatic carbocycles. The normalized spacial score (nSPS) is 10.1. The Morgan fingerprint density at radius 3 is 2.41 bits per heavy atom. The van der Waals surface area contributed by atoms with Gasteiger partial charge in [0.2, 0.25) is 5.91 Å². The van der Waals surface area contributed by atoms with Crippen LogP contribution >= 0.6 is 27.5 Å². The van der Waals surface area contributed by atoms with Crippen molar-refractivity contribution in [3.05, 3.63) is 63.6 Å². The highest BCUT2D eigenvalue weighted by molar-refractivity contribution is 9.10. The van der Waals surface area contributed by atoms with Gasteiger partial charge < -0.3 is 10.2 Å². The lowest BCUT2D eigenvalue weighted by molar-refractivity contribution is -0.116. The van der Waals surface area contributed by atoms with E-state index < -0.39 is 0 Å². The van der Waals surface area contributed by atoms with Crippen LogP contribution in [0.5, 0.6) is 0 Å². The van der Waals surface area contributed by atoms with Crippen LogP contribution in [-0.4, -0.2) is 30.3 Å². The third kappa shape index (κ3) is 4.32. The summed E-state index contributed by atoms with van der Waals surface area (Å²) in [6.45, 7) is -0.0389. The van der Waals surface area contributed by atoms with E-state index >= 15 is 0 Å². The summed E-state index contributed by atoms with van der Waals surface area (Å²) in [6.07, 6.45) is 0. The van der Waals surface area contributed by atoms with Gasteiger partial charge in [-0.2, -0.15) is 0 Å². The largest absolute Gasteiger partial charge is 0.332 e. The summed E-state index contributed by atoms with van der Waals surface area (Å²) in [5.41, 5.74) is 1.15. The summed E-state index contributed by atoms with van der Waals surface area (Å²) in [5, 5.41) is 3.31. The molecule has 0 saturated carbocycles. The van der Waals surface area contributed by atoms with Crippen LogP contribution in [0.25, 0.3) is 0 Å². The van der Waals surface area contributed by atoms with Crippen molar-refractivity contribution in [2.24, 2.45) is 0 Å². The molecule has 0 aliphatic heterocycles. The maximum atomic E-state index is 12.3. The average molecular weight is 382 g/mol. The second-order valence-corrected chi connectivity index (χ2v) is 5.99. The summed E-state index contributed by atoms with van der Waals surface area (Å²) in [4.78, 5) is 25.6. The number of rotatable bonds is 4. The van der Waals surface area contributed by atoms with Gasteiger partial charge in [-0.3, -0.25) is 9.59 Å². The number of hydrogen-bond donors (Lipinski definition) is 1. The molecule has 0 aromatic heterocycles. The standard InChI is InChI=1S/C16H14BrClN2O2/c1-20(16(22)13-4-2-3-5-14(13)17)10-15(21)19-12-8-6-11(18)7-9-12/h2-9H,10H2,1H3,(H,19,21). The van der Waals surface area contributed by atoms with Crippen molar-refractivity contribution in [1.29, 1.82) is 0 Å². The van der Waals surface area contributed by atoms with E-state index in [1.54, 1.807) is 49.5 Å². The zero-order chi connectivity index (χ0) is 16.1. The Kier molecular flexibility index (Phi) is 5.57. The number of nitrogens with one attached hydrogen (secondary N) is 1. The summed E-state index contributed by atoms with van der Waals surface area (Å²) >= 11 is 9.12. The smallest absolute Gasteiger partial charge is 0.255 e. The van der Waals surface area contributed by atoms with Crippen molar-refractivity contribution in [1.82, 2.24) is 4.90 Å². The molecular formula is C16H14BrClN2O2. The molecule has 4 nitrogen and oxygen atoms in total. The maximum absolute atomic E-state index is 12.3. The van der Waals surface area contributed by atoms with Crippen LogP contribution in [0.1, 0.15) is 10.4 Å². The summed E-state index contributed by atoms with van der Waals surface area (Å²) in [7, 11) is 1.59. The molecule has 0 fully saturated rings. The monoisotopic (exact) mass is 380 g/mol. The third-order valence-corrected chi connectivity index (χ3v) is 3.90. The second-order valence-electron chi connectivity index (χ2n) is 4.70. The number of nitrogens with zero attached hydrogens (tertiary/aromatic N) is 1. The van der Waals surface area contributed by atoms with E-state index in [1.165, 1.54) is 4.90 Å². The zero-order valence-electron chi connectivity index (χ0n) is 11.8. The van der Waals surface area contributed by atoms with Crippen LogP contribution in [-0.2, 0) is 4.79 Å². The van der Waals surface area contributed by atoms with Crippen LogP contribution in [0, 0.1) is 0 Å². The average Bonchev–Trinajstić information content (AvgIpc) is 2.49. The lowest BCUT2D eigenvalue weighted by Gasteiger charge is -2.17. The predicted molar refractivity (Wildman–Crippen MR) is 91.2 cm³/mol. The number of hydrogen-bond acceptors (Lipinski definition) is 2. The molecule has 0 unspecified atom stereocenters. The number of carbonyl (C=O) groups is 2. The van der Waals surface area contributed by atoms with E-state index in [2.05, 4.69) is 21.2 Å². The fourth-order valence-electron chi connectivity index (χ4n) is 1.86.